The fourth-order valence-corrected chi connectivity index (χ4v) is 1.99. The molecule has 1 heterocycles. The van der Waals surface area contributed by atoms with Crippen molar-refractivity contribution in [3.63, 3.8) is 0 Å². The van der Waals surface area contributed by atoms with Crippen molar-refractivity contribution < 1.29 is 14.7 Å². The third-order valence-electron chi connectivity index (χ3n) is 3.16. The van der Waals surface area contributed by atoms with E-state index in [0.717, 1.165) is 5.56 Å². The van der Waals surface area contributed by atoms with Gasteiger partial charge < -0.3 is 16.2 Å². The van der Waals surface area contributed by atoms with Crippen molar-refractivity contribution in [3.05, 3.63) is 41.1 Å². The van der Waals surface area contributed by atoms with E-state index in [0.29, 0.717) is 22.6 Å². The highest BCUT2D eigenvalue weighted by molar-refractivity contribution is 6.08. The van der Waals surface area contributed by atoms with Crippen molar-refractivity contribution in [1.82, 2.24) is 9.78 Å². The second kappa shape index (κ2) is 5.66. The number of nitrogen functional groups attached to an aromatic ring is 1. The maximum Gasteiger partial charge on any atom is 0.308 e. The van der Waals surface area contributed by atoms with Gasteiger partial charge >= 0.3 is 5.97 Å². The number of carboxylic acids is 1. The van der Waals surface area contributed by atoms with Crippen LogP contribution in [0.25, 0.3) is 0 Å². The molecule has 0 saturated carbocycles. The van der Waals surface area contributed by atoms with Crippen molar-refractivity contribution in [2.45, 2.75) is 13.3 Å². The number of aliphatic carboxylic acids is 1. The van der Waals surface area contributed by atoms with Crippen molar-refractivity contribution in [2.24, 2.45) is 7.05 Å². The van der Waals surface area contributed by atoms with Crippen molar-refractivity contribution >= 4 is 23.4 Å². The fraction of sp³-hybridized carbons (Fsp3) is 0.214. The number of amides is 1. The Morgan fingerprint density at radius 3 is 2.81 bits per heavy atom. The average Bonchev–Trinajstić information content (AvgIpc) is 2.74. The lowest BCUT2D eigenvalue weighted by molar-refractivity contribution is -0.136. The predicted octanol–water partition coefficient (Wildman–Crippen LogP) is 1.19. The van der Waals surface area contributed by atoms with Crippen molar-refractivity contribution in [1.29, 1.82) is 0 Å². The van der Waals surface area contributed by atoms with Gasteiger partial charge in [0.25, 0.3) is 5.91 Å². The summed E-state index contributed by atoms with van der Waals surface area (Å²) in [5, 5.41) is 15.5. The van der Waals surface area contributed by atoms with Crippen LogP contribution in [0, 0.1) is 6.92 Å². The zero-order chi connectivity index (χ0) is 15.6. The van der Waals surface area contributed by atoms with E-state index < -0.39 is 11.9 Å². The first-order valence-electron chi connectivity index (χ1n) is 6.29. The fourth-order valence-electron chi connectivity index (χ4n) is 1.99. The van der Waals surface area contributed by atoms with Crippen molar-refractivity contribution in [2.75, 3.05) is 11.1 Å². The number of carbonyl (C=O) groups is 2. The summed E-state index contributed by atoms with van der Waals surface area (Å²) in [5.74, 6) is -1.04. The summed E-state index contributed by atoms with van der Waals surface area (Å²) in [6.07, 6.45) is 1.20. The molecule has 0 fully saturated rings. The first-order chi connectivity index (χ1) is 9.90. The molecule has 0 spiro atoms. The lowest BCUT2D eigenvalue weighted by atomic mass is 10.1. The summed E-state index contributed by atoms with van der Waals surface area (Å²) in [6.45, 7) is 1.81. The number of aryl methyl sites for hydroxylation is 2. The Labute approximate surface area is 121 Å². The second-order valence-corrected chi connectivity index (χ2v) is 4.70. The van der Waals surface area contributed by atoms with E-state index >= 15 is 0 Å². The Hall–Kier alpha value is -2.83. The summed E-state index contributed by atoms with van der Waals surface area (Å²) in [7, 11) is 1.63. The standard InChI is InChI=1S/C14H16N4O3/c1-8-4-3-5-10(12(8)15)14(21)17-13-9(6-11(19)20)7-16-18(13)2/h3-5,7H,6,15H2,1-2H3,(H,17,21)(H,19,20). The molecule has 110 valence electrons. The molecule has 0 radical (unpaired) electrons. The molecule has 0 saturated heterocycles. The number of para-hydroxylation sites is 1. The molecule has 0 aliphatic heterocycles. The van der Waals surface area contributed by atoms with Crippen LogP contribution in [0.3, 0.4) is 0 Å². The summed E-state index contributed by atoms with van der Waals surface area (Å²) in [4.78, 5) is 23.1. The van der Waals surface area contributed by atoms with Crippen LogP contribution in [0.15, 0.2) is 24.4 Å². The molecule has 0 aliphatic carbocycles. The van der Waals surface area contributed by atoms with Crippen LogP contribution in [0.5, 0.6) is 0 Å². The number of carbonyl (C=O) groups excluding carboxylic acids is 1. The van der Waals surface area contributed by atoms with E-state index in [1.165, 1.54) is 10.9 Å². The monoisotopic (exact) mass is 288 g/mol. The molecule has 1 amide bonds. The predicted molar refractivity (Wildman–Crippen MR) is 78.1 cm³/mol. The van der Waals surface area contributed by atoms with Gasteiger partial charge in [0, 0.05) is 18.3 Å². The Morgan fingerprint density at radius 1 is 1.43 bits per heavy atom. The first-order valence-corrected chi connectivity index (χ1v) is 6.29. The van der Waals surface area contributed by atoms with E-state index in [1.807, 2.05) is 13.0 Å². The molecule has 7 heteroatoms. The molecule has 2 aromatic rings. The van der Waals surface area contributed by atoms with E-state index in [1.54, 1.807) is 19.2 Å². The Morgan fingerprint density at radius 2 is 2.14 bits per heavy atom. The number of nitrogens with zero attached hydrogens (tertiary/aromatic N) is 2. The number of hydrogen-bond acceptors (Lipinski definition) is 4. The lowest BCUT2D eigenvalue weighted by Gasteiger charge is -2.10. The highest BCUT2D eigenvalue weighted by Crippen LogP contribution is 2.20. The van der Waals surface area contributed by atoms with Crippen LogP contribution in [-0.2, 0) is 18.3 Å². The number of benzene rings is 1. The summed E-state index contributed by atoms with van der Waals surface area (Å²) in [6, 6.07) is 5.17. The molecular weight excluding hydrogens is 272 g/mol. The van der Waals surface area contributed by atoms with E-state index in [9.17, 15) is 9.59 Å². The van der Waals surface area contributed by atoms with Crippen LogP contribution in [0.4, 0.5) is 11.5 Å². The number of hydrogen-bond donors (Lipinski definition) is 3. The van der Waals surface area contributed by atoms with Crippen LogP contribution in [0.2, 0.25) is 0 Å². The molecule has 0 aliphatic rings. The highest BCUT2D eigenvalue weighted by Gasteiger charge is 2.17. The normalized spacial score (nSPS) is 10.4. The number of anilines is 2. The molecule has 2 rings (SSSR count). The minimum Gasteiger partial charge on any atom is -0.481 e. The summed E-state index contributed by atoms with van der Waals surface area (Å²) in [5.41, 5.74) is 7.88. The van der Waals surface area contributed by atoms with Gasteiger partial charge in [0.15, 0.2) is 0 Å². The lowest BCUT2D eigenvalue weighted by Crippen LogP contribution is -2.18. The number of nitrogens with one attached hydrogen (secondary N) is 1. The zero-order valence-electron chi connectivity index (χ0n) is 11.8. The van der Waals surface area contributed by atoms with E-state index in [4.69, 9.17) is 10.8 Å². The second-order valence-electron chi connectivity index (χ2n) is 4.70. The van der Waals surface area contributed by atoms with Gasteiger partial charge in [-0.05, 0) is 18.6 Å². The van der Waals surface area contributed by atoms with Gasteiger partial charge in [-0.1, -0.05) is 12.1 Å². The number of nitrogens with two attached hydrogens (primary N) is 1. The summed E-state index contributed by atoms with van der Waals surface area (Å²) >= 11 is 0. The minimum atomic E-state index is -0.992. The zero-order valence-corrected chi connectivity index (χ0v) is 11.8. The summed E-state index contributed by atoms with van der Waals surface area (Å²) < 4.78 is 1.42. The topological polar surface area (TPSA) is 110 Å². The minimum absolute atomic E-state index is 0.216. The SMILES string of the molecule is Cc1cccc(C(=O)Nc2c(CC(=O)O)cnn2C)c1N. The Bertz CT molecular complexity index is 706. The van der Waals surface area contributed by atoms with E-state index in [-0.39, 0.29) is 6.42 Å². The Balaban J connectivity index is 2.30. The van der Waals surface area contributed by atoms with Gasteiger partial charge in [-0.2, -0.15) is 5.10 Å². The van der Waals surface area contributed by atoms with Crippen LogP contribution < -0.4 is 11.1 Å². The maximum atomic E-state index is 12.3. The van der Waals surface area contributed by atoms with Gasteiger partial charge in [0.05, 0.1) is 18.2 Å². The van der Waals surface area contributed by atoms with Crippen LogP contribution >= 0.6 is 0 Å². The largest absolute Gasteiger partial charge is 0.481 e. The number of aromatic nitrogens is 2. The highest BCUT2D eigenvalue weighted by atomic mass is 16.4. The van der Waals surface area contributed by atoms with Gasteiger partial charge in [-0.3, -0.25) is 14.3 Å². The molecule has 7 nitrogen and oxygen atoms in total. The molecule has 1 aromatic carbocycles. The molecule has 0 bridgehead atoms. The quantitative estimate of drug-likeness (QED) is 0.732. The molecular formula is C14H16N4O3. The number of rotatable bonds is 4. The Kier molecular flexibility index (Phi) is 3.93. The number of carboxylic acid groups (broad SMARTS) is 1. The van der Waals surface area contributed by atoms with Crippen molar-refractivity contribution in [3.8, 4) is 0 Å². The molecule has 21 heavy (non-hydrogen) atoms. The smallest absolute Gasteiger partial charge is 0.308 e. The molecule has 0 unspecified atom stereocenters. The third kappa shape index (κ3) is 3.02. The maximum absolute atomic E-state index is 12.3. The molecule has 1 aromatic heterocycles. The van der Waals surface area contributed by atoms with Gasteiger partial charge in [-0.25, -0.2) is 0 Å². The van der Waals surface area contributed by atoms with Gasteiger partial charge in [0.2, 0.25) is 0 Å². The van der Waals surface area contributed by atoms with E-state index in [2.05, 4.69) is 10.4 Å². The van der Waals surface area contributed by atoms with Gasteiger partial charge in [0.1, 0.15) is 5.82 Å². The van der Waals surface area contributed by atoms with Crippen LogP contribution in [0.1, 0.15) is 21.5 Å². The first kappa shape index (κ1) is 14.6. The average molecular weight is 288 g/mol. The third-order valence-corrected chi connectivity index (χ3v) is 3.16. The van der Waals surface area contributed by atoms with Gasteiger partial charge in [-0.15, -0.1) is 0 Å². The van der Waals surface area contributed by atoms with Crippen LogP contribution in [-0.4, -0.2) is 26.8 Å². The molecule has 4 N–H and O–H groups in total. The molecule has 0 atom stereocenters.